The number of furan rings is 1. The highest BCUT2D eigenvalue weighted by atomic mass is 32.2. The molecule has 1 N–H and O–H groups in total. The van der Waals surface area contributed by atoms with Gasteiger partial charge in [-0.1, -0.05) is 36.8 Å². The number of nitrogens with one attached hydrogen (secondary N) is 1. The first kappa shape index (κ1) is 23.3. The van der Waals surface area contributed by atoms with Gasteiger partial charge < -0.3 is 9.73 Å². The van der Waals surface area contributed by atoms with E-state index in [-0.39, 0.29) is 11.9 Å². The molecular weight excluding hydrogens is 460 g/mol. The summed E-state index contributed by atoms with van der Waals surface area (Å²) >= 11 is 1.55. The molecule has 8 nitrogen and oxygen atoms in total. The molecule has 1 saturated heterocycles. The fraction of sp³-hybridized carbons (Fsp3) is 0.308. The minimum atomic E-state index is -0.0932. The average Bonchev–Trinajstić information content (AvgIpc) is 3.62. The quantitative estimate of drug-likeness (QED) is 0.347. The molecule has 1 fully saturated rings. The highest BCUT2D eigenvalue weighted by Crippen LogP contribution is 2.28. The van der Waals surface area contributed by atoms with Crippen molar-refractivity contribution in [2.75, 3.05) is 19.6 Å². The van der Waals surface area contributed by atoms with Gasteiger partial charge in [0, 0.05) is 11.4 Å². The molecule has 1 atom stereocenters. The number of nitrogens with zero attached hydrogens (tertiary/aromatic N) is 5. The first-order valence-electron chi connectivity index (χ1n) is 11.9. The van der Waals surface area contributed by atoms with Gasteiger partial charge in [-0.2, -0.15) is 4.68 Å². The SMILES string of the molecule is O=C(NCC(c1ccco1)N1CCCCC1)c1ccccc1SCc1nnnn1-c1ccccc1. The number of amides is 1. The Hall–Kier alpha value is -3.43. The second-order valence-corrected chi connectivity index (χ2v) is 9.48. The van der Waals surface area contributed by atoms with Gasteiger partial charge in [-0.15, -0.1) is 16.9 Å². The molecule has 0 aliphatic carbocycles. The zero-order chi connectivity index (χ0) is 23.9. The molecule has 1 aliphatic rings. The van der Waals surface area contributed by atoms with Gasteiger partial charge in [0.05, 0.1) is 29.3 Å². The number of aromatic nitrogens is 4. The molecule has 3 heterocycles. The van der Waals surface area contributed by atoms with Gasteiger partial charge in [0.1, 0.15) is 5.76 Å². The Morgan fingerprint density at radius 3 is 2.60 bits per heavy atom. The minimum absolute atomic E-state index is 0.0320. The fourth-order valence-electron chi connectivity index (χ4n) is 4.39. The second kappa shape index (κ2) is 11.3. The maximum atomic E-state index is 13.3. The lowest BCUT2D eigenvalue weighted by molar-refractivity contribution is 0.0911. The monoisotopic (exact) mass is 488 g/mol. The summed E-state index contributed by atoms with van der Waals surface area (Å²) in [5, 5.41) is 15.3. The van der Waals surface area contributed by atoms with Gasteiger partial charge in [-0.3, -0.25) is 9.69 Å². The molecule has 1 unspecified atom stereocenters. The molecule has 9 heteroatoms. The summed E-state index contributed by atoms with van der Waals surface area (Å²) in [7, 11) is 0. The van der Waals surface area contributed by atoms with Crippen LogP contribution in [0.25, 0.3) is 5.69 Å². The first-order chi connectivity index (χ1) is 17.3. The highest BCUT2D eigenvalue weighted by Gasteiger charge is 2.25. The number of benzene rings is 2. The van der Waals surface area contributed by atoms with Crippen LogP contribution < -0.4 is 5.32 Å². The maximum absolute atomic E-state index is 13.3. The standard InChI is InChI=1S/C26H28N6O2S/c33-26(27-18-22(23-13-9-17-34-23)31-15-7-2-8-16-31)21-12-5-6-14-24(21)35-19-25-28-29-30-32(25)20-10-3-1-4-11-20/h1,3-6,9-14,17,22H,2,7-8,15-16,18-19H2,(H,27,33). The van der Waals surface area contributed by atoms with Gasteiger partial charge in [0.2, 0.25) is 0 Å². The van der Waals surface area contributed by atoms with Crippen LogP contribution >= 0.6 is 11.8 Å². The van der Waals surface area contributed by atoms with Crippen LogP contribution in [0.2, 0.25) is 0 Å². The number of hydrogen-bond donors (Lipinski definition) is 1. The van der Waals surface area contributed by atoms with Gasteiger partial charge in [0.25, 0.3) is 5.91 Å². The van der Waals surface area contributed by atoms with Crippen molar-refractivity contribution >= 4 is 17.7 Å². The third-order valence-corrected chi connectivity index (χ3v) is 7.25. The van der Waals surface area contributed by atoms with Crippen LogP contribution in [0.3, 0.4) is 0 Å². The molecule has 35 heavy (non-hydrogen) atoms. The molecule has 2 aromatic carbocycles. The third-order valence-electron chi connectivity index (χ3n) is 6.18. The van der Waals surface area contributed by atoms with E-state index in [4.69, 9.17) is 4.42 Å². The Balaban J connectivity index is 1.27. The zero-order valence-electron chi connectivity index (χ0n) is 19.4. The number of thioether (sulfide) groups is 1. The van der Waals surface area contributed by atoms with Crippen molar-refractivity contribution in [3.8, 4) is 5.69 Å². The van der Waals surface area contributed by atoms with E-state index in [0.717, 1.165) is 35.3 Å². The molecule has 0 bridgehead atoms. The van der Waals surface area contributed by atoms with E-state index in [2.05, 4.69) is 25.7 Å². The largest absolute Gasteiger partial charge is 0.468 e. The molecule has 2 aromatic heterocycles. The van der Waals surface area contributed by atoms with Gasteiger partial charge in [0.15, 0.2) is 5.82 Å². The molecule has 0 saturated carbocycles. The summed E-state index contributed by atoms with van der Waals surface area (Å²) < 4.78 is 7.44. The lowest BCUT2D eigenvalue weighted by Crippen LogP contribution is -2.40. The summed E-state index contributed by atoms with van der Waals surface area (Å²) in [6.07, 6.45) is 5.30. The predicted octanol–water partition coefficient (Wildman–Crippen LogP) is 4.50. The number of tetrazole rings is 1. The molecular formula is C26H28N6O2S. The van der Waals surface area contributed by atoms with Crippen LogP contribution in [-0.2, 0) is 5.75 Å². The van der Waals surface area contributed by atoms with Gasteiger partial charge in [-0.25, -0.2) is 0 Å². The molecule has 5 rings (SSSR count). The summed E-state index contributed by atoms with van der Waals surface area (Å²) in [6, 6.07) is 21.4. The summed E-state index contributed by atoms with van der Waals surface area (Å²) in [4.78, 5) is 16.6. The maximum Gasteiger partial charge on any atom is 0.252 e. The van der Waals surface area contributed by atoms with E-state index < -0.39 is 0 Å². The molecule has 0 radical (unpaired) electrons. The first-order valence-corrected chi connectivity index (χ1v) is 12.9. The zero-order valence-corrected chi connectivity index (χ0v) is 20.2. The Morgan fingerprint density at radius 1 is 1.00 bits per heavy atom. The number of carbonyl (C=O) groups excluding carboxylic acids is 1. The average molecular weight is 489 g/mol. The third kappa shape index (κ3) is 5.63. The van der Waals surface area contributed by atoms with E-state index in [0.29, 0.717) is 17.9 Å². The number of rotatable bonds is 9. The molecule has 4 aromatic rings. The number of piperidine rings is 1. The summed E-state index contributed by atoms with van der Waals surface area (Å²) in [5.74, 6) is 2.06. The van der Waals surface area contributed by atoms with Crippen LogP contribution in [0.5, 0.6) is 0 Å². The van der Waals surface area contributed by atoms with Gasteiger partial charge >= 0.3 is 0 Å². The number of hydrogen-bond acceptors (Lipinski definition) is 7. The van der Waals surface area contributed by atoms with E-state index in [1.807, 2.05) is 66.7 Å². The van der Waals surface area contributed by atoms with Gasteiger partial charge in [-0.05, 0) is 72.8 Å². The molecule has 1 aliphatic heterocycles. The van der Waals surface area contributed by atoms with Crippen LogP contribution in [0.15, 0.2) is 82.3 Å². The Bertz CT molecular complexity index is 1220. The molecule has 0 spiro atoms. The van der Waals surface area contributed by atoms with E-state index in [1.54, 1.807) is 22.7 Å². The van der Waals surface area contributed by atoms with Crippen molar-refractivity contribution < 1.29 is 9.21 Å². The highest BCUT2D eigenvalue weighted by molar-refractivity contribution is 7.98. The van der Waals surface area contributed by atoms with Crippen LogP contribution in [0, 0.1) is 0 Å². The van der Waals surface area contributed by atoms with Crippen molar-refractivity contribution in [2.45, 2.75) is 36.0 Å². The van der Waals surface area contributed by atoms with E-state index >= 15 is 0 Å². The lowest BCUT2D eigenvalue weighted by atomic mass is 10.1. The number of carbonyl (C=O) groups is 1. The summed E-state index contributed by atoms with van der Waals surface area (Å²) in [5.41, 5.74) is 1.55. The van der Waals surface area contributed by atoms with Crippen molar-refractivity contribution in [2.24, 2.45) is 0 Å². The Labute approximate surface area is 208 Å². The normalized spacial score (nSPS) is 15.1. The second-order valence-electron chi connectivity index (χ2n) is 8.47. The summed E-state index contributed by atoms with van der Waals surface area (Å²) in [6.45, 7) is 2.53. The molecule has 180 valence electrons. The minimum Gasteiger partial charge on any atom is -0.468 e. The van der Waals surface area contributed by atoms with Crippen LogP contribution in [-0.4, -0.2) is 50.6 Å². The van der Waals surface area contributed by atoms with Crippen molar-refractivity contribution in [1.29, 1.82) is 0 Å². The van der Waals surface area contributed by atoms with Crippen molar-refractivity contribution in [3.05, 3.63) is 90.1 Å². The number of para-hydroxylation sites is 1. The van der Waals surface area contributed by atoms with E-state index in [1.165, 1.54) is 19.3 Å². The smallest absolute Gasteiger partial charge is 0.252 e. The predicted molar refractivity (Wildman–Crippen MR) is 134 cm³/mol. The van der Waals surface area contributed by atoms with E-state index in [9.17, 15) is 4.79 Å². The topological polar surface area (TPSA) is 89.1 Å². The Morgan fingerprint density at radius 2 is 1.80 bits per heavy atom. The lowest BCUT2D eigenvalue weighted by Gasteiger charge is -2.33. The Kier molecular flexibility index (Phi) is 7.55. The van der Waals surface area contributed by atoms with Crippen molar-refractivity contribution in [3.63, 3.8) is 0 Å². The van der Waals surface area contributed by atoms with Crippen molar-refractivity contribution in [1.82, 2.24) is 30.4 Å². The van der Waals surface area contributed by atoms with Crippen LogP contribution in [0.1, 0.15) is 47.2 Å². The molecule has 1 amide bonds. The van der Waals surface area contributed by atoms with Crippen LogP contribution in [0.4, 0.5) is 0 Å². The number of likely N-dealkylation sites (tertiary alicyclic amines) is 1. The fourth-order valence-corrected chi connectivity index (χ4v) is 5.35.